The van der Waals surface area contributed by atoms with Gasteiger partial charge in [0.1, 0.15) is 12.8 Å². The van der Waals surface area contributed by atoms with Crippen molar-refractivity contribution in [1.82, 2.24) is 9.55 Å². The van der Waals surface area contributed by atoms with Crippen molar-refractivity contribution in [2.75, 3.05) is 5.32 Å². The molecule has 1 aliphatic rings. The largest absolute Gasteiger partial charge is 0.444 e. The lowest BCUT2D eigenvalue weighted by Crippen LogP contribution is -2.29. The van der Waals surface area contributed by atoms with Crippen molar-refractivity contribution in [2.24, 2.45) is 0 Å². The maximum Gasteiger partial charge on any atom is 0.413 e. The van der Waals surface area contributed by atoms with Crippen molar-refractivity contribution in [3.05, 3.63) is 57.9 Å². The number of aromatic nitrogens is 2. The monoisotopic (exact) mass is 388 g/mol. The first-order valence-electron chi connectivity index (χ1n) is 8.86. The molecular formula is C19H21FN4O4. The van der Waals surface area contributed by atoms with Crippen LogP contribution in [0, 0.1) is 11.2 Å². The minimum Gasteiger partial charge on any atom is -0.444 e. The lowest BCUT2D eigenvalue weighted by atomic mass is 10.1. The van der Waals surface area contributed by atoms with Crippen molar-refractivity contribution in [3.63, 3.8) is 0 Å². The van der Waals surface area contributed by atoms with Gasteiger partial charge in [-0.25, -0.2) is 14.0 Å². The molecule has 3 rings (SSSR count). The van der Waals surface area contributed by atoms with Gasteiger partial charge < -0.3 is 14.9 Å². The number of amides is 1. The number of carbonyl (C=O) groups is 1. The van der Waals surface area contributed by atoms with E-state index in [0.717, 1.165) is 22.7 Å². The van der Waals surface area contributed by atoms with Gasteiger partial charge in [-0.05, 0) is 37.8 Å². The molecule has 0 spiro atoms. The van der Waals surface area contributed by atoms with E-state index >= 15 is 0 Å². The summed E-state index contributed by atoms with van der Waals surface area (Å²) in [6.07, 6.45) is 0.842. The minimum absolute atomic E-state index is 0.00951. The second-order valence-electron chi connectivity index (χ2n) is 6.63. The van der Waals surface area contributed by atoms with Crippen LogP contribution in [-0.4, -0.2) is 27.5 Å². The molecule has 0 radical (unpaired) electrons. The van der Waals surface area contributed by atoms with E-state index in [1.807, 2.05) is 6.92 Å². The first kappa shape index (κ1) is 19.7. The van der Waals surface area contributed by atoms with Crippen molar-refractivity contribution in [2.45, 2.75) is 45.6 Å². The molecule has 2 atom stereocenters. The van der Waals surface area contributed by atoms with Gasteiger partial charge in [-0.3, -0.25) is 9.88 Å². The third kappa shape index (κ3) is 4.61. The highest BCUT2D eigenvalue weighted by Crippen LogP contribution is 2.27. The van der Waals surface area contributed by atoms with Crippen LogP contribution in [0.5, 0.6) is 0 Å². The normalized spacial score (nSPS) is 18.7. The zero-order valence-corrected chi connectivity index (χ0v) is 15.6. The summed E-state index contributed by atoms with van der Waals surface area (Å²) in [7, 11) is 0. The molecule has 2 N–H and O–H groups in total. The van der Waals surface area contributed by atoms with E-state index in [0.29, 0.717) is 17.7 Å². The van der Waals surface area contributed by atoms with Crippen LogP contribution in [-0.2, 0) is 16.1 Å². The molecule has 28 heavy (non-hydrogen) atoms. The summed E-state index contributed by atoms with van der Waals surface area (Å²) in [5.74, 6) is -1.35. The molecule has 1 saturated heterocycles. The van der Waals surface area contributed by atoms with Crippen LogP contribution in [0.15, 0.2) is 35.3 Å². The predicted molar refractivity (Wildman–Crippen MR) is 100 cm³/mol. The summed E-state index contributed by atoms with van der Waals surface area (Å²) >= 11 is 0. The Morgan fingerprint density at radius 3 is 2.71 bits per heavy atom. The Morgan fingerprint density at radius 1 is 1.39 bits per heavy atom. The van der Waals surface area contributed by atoms with Crippen LogP contribution in [0.2, 0.25) is 0 Å². The number of nitrogens with zero attached hydrogens (tertiary/aromatic N) is 2. The Balaban J connectivity index is 1.61. The van der Waals surface area contributed by atoms with E-state index in [-0.39, 0.29) is 12.7 Å². The average molecular weight is 388 g/mol. The molecule has 148 valence electrons. The van der Waals surface area contributed by atoms with Crippen molar-refractivity contribution in [1.29, 1.82) is 5.41 Å². The summed E-state index contributed by atoms with van der Waals surface area (Å²) in [6.45, 7) is 3.50. The molecule has 1 aliphatic heterocycles. The molecule has 0 unspecified atom stereocenters. The summed E-state index contributed by atoms with van der Waals surface area (Å²) in [5, 5.41) is 9.69. The smallest absolute Gasteiger partial charge is 0.413 e. The summed E-state index contributed by atoms with van der Waals surface area (Å²) in [4.78, 5) is 27.6. The number of rotatable bonds is 5. The van der Waals surface area contributed by atoms with Crippen LogP contribution >= 0.6 is 0 Å². The molecule has 0 saturated carbocycles. The molecule has 1 amide bonds. The number of anilines is 1. The SMILES string of the molecule is CC(=N)c1ccc(COC(=O)Nc2nc(=O)n([C@H]3CC[C@@H](C)O3)cc2F)cc1. The Labute approximate surface area is 160 Å². The molecule has 2 aromatic rings. The zero-order valence-electron chi connectivity index (χ0n) is 15.6. The highest BCUT2D eigenvalue weighted by atomic mass is 19.1. The molecule has 0 aliphatic carbocycles. The van der Waals surface area contributed by atoms with Crippen molar-refractivity contribution < 1.29 is 18.7 Å². The molecule has 1 aromatic heterocycles. The lowest BCUT2D eigenvalue weighted by Gasteiger charge is -2.15. The first-order valence-corrected chi connectivity index (χ1v) is 8.86. The van der Waals surface area contributed by atoms with E-state index in [9.17, 15) is 14.0 Å². The maximum absolute atomic E-state index is 14.3. The molecule has 8 nitrogen and oxygen atoms in total. The fourth-order valence-corrected chi connectivity index (χ4v) is 2.86. The summed E-state index contributed by atoms with van der Waals surface area (Å²) < 4.78 is 25.9. The topological polar surface area (TPSA) is 106 Å². The molecule has 0 bridgehead atoms. The van der Waals surface area contributed by atoms with E-state index in [4.69, 9.17) is 14.9 Å². The van der Waals surface area contributed by atoms with Gasteiger partial charge in [-0.15, -0.1) is 0 Å². The second-order valence-corrected chi connectivity index (χ2v) is 6.63. The number of ether oxygens (including phenoxy) is 2. The molecule has 1 fully saturated rings. The van der Waals surface area contributed by atoms with Gasteiger partial charge >= 0.3 is 11.8 Å². The molecule has 9 heteroatoms. The fraction of sp³-hybridized carbons (Fsp3) is 0.368. The highest BCUT2D eigenvalue weighted by Gasteiger charge is 2.25. The quantitative estimate of drug-likeness (QED) is 0.765. The van der Waals surface area contributed by atoms with Crippen LogP contribution < -0.4 is 11.0 Å². The van der Waals surface area contributed by atoms with Crippen molar-refractivity contribution in [3.8, 4) is 0 Å². The fourth-order valence-electron chi connectivity index (χ4n) is 2.86. The standard InChI is InChI=1S/C19H21FN4O4/c1-11-3-8-16(28-11)24-9-15(20)17(22-18(24)25)23-19(26)27-10-13-4-6-14(7-5-13)12(2)21/h4-7,9,11,16,21H,3,8,10H2,1-2H3,(H,22,23,25,26)/t11-,16-/m1/s1. The van der Waals surface area contributed by atoms with Gasteiger partial charge in [0.2, 0.25) is 0 Å². The molecule has 2 heterocycles. The first-order chi connectivity index (χ1) is 13.3. The van der Waals surface area contributed by atoms with E-state index in [1.54, 1.807) is 31.2 Å². The number of hydrogen-bond donors (Lipinski definition) is 2. The highest BCUT2D eigenvalue weighted by molar-refractivity contribution is 5.96. The van der Waals surface area contributed by atoms with E-state index in [1.165, 1.54) is 0 Å². The lowest BCUT2D eigenvalue weighted by molar-refractivity contribution is 0.00746. The number of benzene rings is 1. The van der Waals surface area contributed by atoms with Crippen LogP contribution in [0.3, 0.4) is 0 Å². The van der Waals surface area contributed by atoms with Gasteiger partial charge in [0, 0.05) is 5.71 Å². The van der Waals surface area contributed by atoms with E-state index in [2.05, 4.69) is 10.3 Å². The Bertz CT molecular complexity index is 942. The van der Waals surface area contributed by atoms with Crippen molar-refractivity contribution >= 4 is 17.6 Å². The third-order valence-electron chi connectivity index (χ3n) is 4.40. The van der Waals surface area contributed by atoms with Gasteiger partial charge in [0.05, 0.1) is 12.3 Å². The number of hydrogen-bond acceptors (Lipinski definition) is 6. The van der Waals surface area contributed by atoms with Gasteiger partial charge in [-0.2, -0.15) is 4.98 Å². The minimum atomic E-state index is -0.929. The second kappa shape index (κ2) is 8.30. The summed E-state index contributed by atoms with van der Waals surface area (Å²) in [6, 6.07) is 6.93. The van der Waals surface area contributed by atoms with Crippen LogP contribution in [0.4, 0.5) is 15.0 Å². The Kier molecular flexibility index (Phi) is 5.84. The van der Waals surface area contributed by atoms with Gasteiger partial charge in [0.15, 0.2) is 11.6 Å². The molecular weight excluding hydrogens is 367 g/mol. The number of halogens is 1. The Hall–Kier alpha value is -3.07. The van der Waals surface area contributed by atoms with Gasteiger partial charge in [-0.1, -0.05) is 24.3 Å². The maximum atomic E-state index is 14.3. The third-order valence-corrected chi connectivity index (χ3v) is 4.40. The average Bonchev–Trinajstić information content (AvgIpc) is 3.09. The van der Waals surface area contributed by atoms with Gasteiger partial charge in [0.25, 0.3) is 0 Å². The predicted octanol–water partition coefficient (Wildman–Crippen LogP) is 3.22. The van der Waals surface area contributed by atoms with E-state index < -0.39 is 29.6 Å². The number of nitrogens with one attached hydrogen (secondary N) is 2. The summed E-state index contributed by atoms with van der Waals surface area (Å²) in [5.41, 5.74) is 1.18. The zero-order chi connectivity index (χ0) is 20.3. The molecule has 1 aromatic carbocycles. The Morgan fingerprint density at radius 2 is 2.11 bits per heavy atom. The van der Waals surface area contributed by atoms with Crippen LogP contribution in [0.1, 0.15) is 44.0 Å². The van der Waals surface area contributed by atoms with Crippen LogP contribution in [0.25, 0.3) is 0 Å². The number of carbonyl (C=O) groups excluding carboxylic acids is 1.